The summed E-state index contributed by atoms with van der Waals surface area (Å²) >= 11 is 0. The van der Waals surface area contributed by atoms with Crippen LogP contribution in [0.3, 0.4) is 0 Å². The number of hydrogen-bond donors (Lipinski definition) is 3. The lowest BCUT2D eigenvalue weighted by atomic mass is 10.1. The SMILES string of the molecule is CN=C(NCC(=O)NC(C)(C)C)NCc1ccc(-n2ccnc2C)c(F)c1.I. The van der Waals surface area contributed by atoms with E-state index < -0.39 is 0 Å². The molecule has 0 saturated heterocycles. The first-order chi connectivity index (χ1) is 12.7. The predicted octanol–water partition coefficient (Wildman–Crippen LogP) is 2.52. The van der Waals surface area contributed by atoms with Gasteiger partial charge < -0.3 is 20.5 Å². The Bertz CT molecular complexity index is 828. The van der Waals surface area contributed by atoms with Crippen LogP contribution >= 0.6 is 24.0 Å². The zero-order chi connectivity index (χ0) is 20.0. The summed E-state index contributed by atoms with van der Waals surface area (Å²) in [6.07, 6.45) is 3.36. The minimum absolute atomic E-state index is 0. The van der Waals surface area contributed by atoms with Gasteiger partial charge in [0.05, 0.1) is 12.2 Å². The molecule has 1 heterocycles. The number of aromatic nitrogens is 2. The first kappa shape index (κ1) is 23.9. The van der Waals surface area contributed by atoms with Crippen LogP contribution in [0.1, 0.15) is 32.2 Å². The first-order valence-electron chi connectivity index (χ1n) is 8.74. The Hall–Kier alpha value is -2.17. The third-order valence-corrected chi connectivity index (χ3v) is 3.71. The fraction of sp³-hybridized carbons (Fsp3) is 0.421. The number of nitrogens with zero attached hydrogens (tertiary/aromatic N) is 3. The minimum Gasteiger partial charge on any atom is -0.352 e. The highest BCUT2D eigenvalue weighted by Gasteiger charge is 2.14. The van der Waals surface area contributed by atoms with Crippen molar-refractivity contribution >= 4 is 35.8 Å². The molecule has 1 amide bonds. The van der Waals surface area contributed by atoms with Gasteiger partial charge in [0, 0.05) is 31.5 Å². The maximum atomic E-state index is 14.4. The third kappa shape index (κ3) is 7.10. The van der Waals surface area contributed by atoms with E-state index in [1.165, 1.54) is 6.07 Å². The second-order valence-electron chi connectivity index (χ2n) is 7.21. The highest BCUT2D eigenvalue weighted by molar-refractivity contribution is 14.0. The summed E-state index contributed by atoms with van der Waals surface area (Å²) in [6, 6.07) is 5.03. The Labute approximate surface area is 182 Å². The van der Waals surface area contributed by atoms with Gasteiger partial charge in [-0.3, -0.25) is 9.79 Å². The van der Waals surface area contributed by atoms with E-state index in [4.69, 9.17) is 0 Å². The Kier molecular flexibility index (Phi) is 8.86. The van der Waals surface area contributed by atoms with Gasteiger partial charge in [-0.2, -0.15) is 0 Å². The Morgan fingerprint density at radius 3 is 2.54 bits per heavy atom. The summed E-state index contributed by atoms with van der Waals surface area (Å²) in [6.45, 7) is 8.05. The van der Waals surface area contributed by atoms with Crippen molar-refractivity contribution in [3.05, 3.63) is 47.8 Å². The first-order valence-corrected chi connectivity index (χ1v) is 8.74. The second-order valence-corrected chi connectivity index (χ2v) is 7.21. The molecule has 0 spiro atoms. The van der Waals surface area contributed by atoms with Crippen molar-refractivity contribution in [2.75, 3.05) is 13.6 Å². The monoisotopic (exact) mass is 502 g/mol. The number of guanidine groups is 1. The Balaban J connectivity index is 0.00000392. The molecule has 1 aromatic carbocycles. The molecule has 28 heavy (non-hydrogen) atoms. The molecule has 2 rings (SSSR count). The molecule has 7 nitrogen and oxygen atoms in total. The van der Waals surface area contributed by atoms with E-state index in [1.54, 1.807) is 30.1 Å². The van der Waals surface area contributed by atoms with Crippen LogP contribution in [0.5, 0.6) is 0 Å². The van der Waals surface area contributed by atoms with Gasteiger partial charge in [0.25, 0.3) is 0 Å². The van der Waals surface area contributed by atoms with Gasteiger partial charge in [-0.1, -0.05) is 6.07 Å². The van der Waals surface area contributed by atoms with Crippen LogP contribution in [0.25, 0.3) is 5.69 Å². The molecule has 0 aliphatic rings. The lowest BCUT2D eigenvalue weighted by molar-refractivity contribution is -0.121. The van der Waals surface area contributed by atoms with Crippen LogP contribution in [0.15, 0.2) is 35.6 Å². The van der Waals surface area contributed by atoms with Gasteiger partial charge in [-0.05, 0) is 45.4 Å². The van der Waals surface area contributed by atoms with Crippen LogP contribution in [0.4, 0.5) is 4.39 Å². The largest absolute Gasteiger partial charge is 0.352 e. The van der Waals surface area contributed by atoms with Crippen LogP contribution in [-0.2, 0) is 11.3 Å². The molecule has 0 radical (unpaired) electrons. The lowest BCUT2D eigenvalue weighted by Crippen LogP contribution is -2.48. The maximum absolute atomic E-state index is 14.4. The number of carbonyl (C=O) groups excluding carboxylic acids is 1. The van der Waals surface area contributed by atoms with Crippen molar-refractivity contribution in [1.82, 2.24) is 25.5 Å². The quantitative estimate of drug-likeness (QED) is 0.334. The number of rotatable bonds is 5. The highest BCUT2D eigenvalue weighted by Crippen LogP contribution is 2.16. The number of halogens is 2. The van der Waals surface area contributed by atoms with E-state index in [0.717, 1.165) is 11.4 Å². The predicted molar refractivity (Wildman–Crippen MR) is 120 cm³/mol. The molecule has 3 N–H and O–H groups in total. The number of nitrogens with one attached hydrogen (secondary N) is 3. The zero-order valence-corrected chi connectivity index (χ0v) is 19.2. The Morgan fingerprint density at radius 1 is 1.29 bits per heavy atom. The summed E-state index contributed by atoms with van der Waals surface area (Å²) in [5, 5.41) is 8.87. The normalized spacial score (nSPS) is 11.6. The number of hydrogen-bond acceptors (Lipinski definition) is 3. The van der Waals surface area contributed by atoms with E-state index in [0.29, 0.717) is 18.2 Å². The number of imidazole rings is 1. The van der Waals surface area contributed by atoms with Crippen molar-refractivity contribution in [2.24, 2.45) is 4.99 Å². The van der Waals surface area contributed by atoms with E-state index in [9.17, 15) is 9.18 Å². The van der Waals surface area contributed by atoms with Gasteiger partial charge in [0.15, 0.2) is 5.96 Å². The molecule has 0 saturated carbocycles. The smallest absolute Gasteiger partial charge is 0.239 e. The summed E-state index contributed by atoms with van der Waals surface area (Å²) in [7, 11) is 1.61. The number of aliphatic imine (C=N–C) groups is 1. The second kappa shape index (κ2) is 10.4. The van der Waals surface area contributed by atoms with E-state index in [2.05, 4.69) is 25.9 Å². The van der Waals surface area contributed by atoms with Gasteiger partial charge in [-0.15, -0.1) is 24.0 Å². The molecular weight excluding hydrogens is 474 g/mol. The minimum atomic E-state index is -0.331. The molecular formula is C19H28FIN6O. The molecule has 2 aromatic rings. The maximum Gasteiger partial charge on any atom is 0.239 e. The average Bonchev–Trinajstić information content (AvgIpc) is 2.99. The van der Waals surface area contributed by atoms with E-state index >= 15 is 0 Å². The zero-order valence-electron chi connectivity index (χ0n) is 16.8. The van der Waals surface area contributed by atoms with Crippen molar-refractivity contribution in [3.8, 4) is 5.69 Å². The topological polar surface area (TPSA) is 83.3 Å². The van der Waals surface area contributed by atoms with Crippen molar-refractivity contribution in [3.63, 3.8) is 0 Å². The summed E-state index contributed by atoms with van der Waals surface area (Å²) in [5.41, 5.74) is 0.925. The summed E-state index contributed by atoms with van der Waals surface area (Å²) in [4.78, 5) is 20.0. The van der Waals surface area contributed by atoms with Gasteiger partial charge >= 0.3 is 0 Å². The van der Waals surface area contributed by atoms with E-state index in [-0.39, 0.29) is 47.8 Å². The molecule has 154 valence electrons. The molecule has 0 aliphatic carbocycles. The van der Waals surface area contributed by atoms with Crippen LogP contribution < -0.4 is 16.0 Å². The van der Waals surface area contributed by atoms with Crippen LogP contribution in [0, 0.1) is 12.7 Å². The van der Waals surface area contributed by atoms with E-state index in [1.807, 2.05) is 33.8 Å². The number of amides is 1. The lowest BCUT2D eigenvalue weighted by Gasteiger charge is -2.21. The summed E-state index contributed by atoms with van der Waals surface area (Å²) in [5.74, 6) is 0.728. The molecule has 0 aliphatic heterocycles. The summed E-state index contributed by atoms with van der Waals surface area (Å²) < 4.78 is 16.1. The standard InChI is InChI=1S/C19H27FN6O.HI/c1-13-22-8-9-26(13)16-7-6-14(10-15(16)20)11-23-18(21-5)24-12-17(27)25-19(2,3)4;/h6-10H,11-12H2,1-5H3,(H,25,27)(H2,21,23,24);1H. The highest BCUT2D eigenvalue weighted by atomic mass is 127. The Morgan fingerprint density at radius 2 is 2.00 bits per heavy atom. The van der Waals surface area contributed by atoms with Gasteiger partial charge in [-0.25, -0.2) is 9.37 Å². The molecule has 9 heteroatoms. The molecule has 0 bridgehead atoms. The third-order valence-electron chi connectivity index (χ3n) is 3.71. The molecule has 0 fully saturated rings. The van der Waals surface area contributed by atoms with Crippen molar-refractivity contribution < 1.29 is 9.18 Å². The fourth-order valence-corrected chi connectivity index (χ4v) is 2.52. The molecule has 0 unspecified atom stereocenters. The van der Waals surface area contributed by atoms with Gasteiger partial charge in [0.2, 0.25) is 5.91 Å². The number of aryl methyl sites for hydroxylation is 1. The van der Waals surface area contributed by atoms with Crippen LogP contribution in [-0.4, -0.2) is 40.5 Å². The fourth-order valence-electron chi connectivity index (χ4n) is 2.52. The number of benzene rings is 1. The van der Waals surface area contributed by atoms with Crippen molar-refractivity contribution in [1.29, 1.82) is 0 Å². The number of carbonyl (C=O) groups is 1. The van der Waals surface area contributed by atoms with Gasteiger partial charge in [0.1, 0.15) is 11.6 Å². The molecule has 0 atom stereocenters. The van der Waals surface area contributed by atoms with Crippen molar-refractivity contribution in [2.45, 2.75) is 39.8 Å². The average molecular weight is 502 g/mol. The van der Waals surface area contributed by atoms with Crippen LogP contribution in [0.2, 0.25) is 0 Å². The molecule has 1 aromatic heterocycles.